The largest absolute Gasteiger partial charge is 0.492 e. The molecule has 0 spiro atoms. The van der Waals surface area contributed by atoms with Gasteiger partial charge in [-0.25, -0.2) is 4.98 Å². The first kappa shape index (κ1) is 18.4. The van der Waals surface area contributed by atoms with Gasteiger partial charge in [-0.05, 0) is 43.3 Å². The van der Waals surface area contributed by atoms with E-state index in [4.69, 9.17) is 9.47 Å². The fourth-order valence-corrected chi connectivity index (χ4v) is 2.34. The summed E-state index contributed by atoms with van der Waals surface area (Å²) in [5, 5.41) is 0. The molecule has 6 heteroatoms. The van der Waals surface area contributed by atoms with Crippen molar-refractivity contribution in [3.05, 3.63) is 71.9 Å². The van der Waals surface area contributed by atoms with Gasteiger partial charge >= 0.3 is 0 Å². The number of carbonyl (C=O) groups is 1. The topological polar surface area (TPSA) is 64.6 Å². The maximum absolute atomic E-state index is 10.7. The molecular weight excluding hydrogens is 342 g/mol. The molecular formula is C21H21N3O3. The fourth-order valence-electron chi connectivity index (χ4n) is 2.34. The van der Waals surface area contributed by atoms with Crippen molar-refractivity contribution in [2.24, 2.45) is 0 Å². The molecule has 138 valence electrons. The predicted molar refractivity (Wildman–Crippen MR) is 104 cm³/mol. The Morgan fingerprint density at radius 1 is 1.00 bits per heavy atom. The summed E-state index contributed by atoms with van der Waals surface area (Å²) in [5.74, 6) is 2.49. The Hall–Kier alpha value is -3.41. The monoisotopic (exact) mass is 363 g/mol. The third kappa shape index (κ3) is 5.28. The van der Waals surface area contributed by atoms with E-state index in [0.717, 1.165) is 12.0 Å². The first-order valence-corrected chi connectivity index (χ1v) is 8.61. The van der Waals surface area contributed by atoms with Crippen molar-refractivity contribution < 1.29 is 14.3 Å². The summed E-state index contributed by atoms with van der Waals surface area (Å²) in [6.07, 6.45) is 2.47. The number of aryl methyl sites for hydroxylation is 1. The Balaban J connectivity index is 1.55. The number of hydrogen-bond donors (Lipinski definition) is 0. The normalized spacial score (nSPS) is 10.3. The Labute approximate surface area is 158 Å². The number of ether oxygens (including phenoxy) is 2. The summed E-state index contributed by atoms with van der Waals surface area (Å²) in [6.45, 7) is 3.09. The van der Waals surface area contributed by atoms with Gasteiger partial charge in [0.1, 0.15) is 24.4 Å². The second-order valence-electron chi connectivity index (χ2n) is 6.07. The number of nitrogens with zero attached hydrogens (tertiary/aromatic N) is 3. The van der Waals surface area contributed by atoms with Crippen LogP contribution < -0.4 is 14.4 Å². The van der Waals surface area contributed by atoms with E-state index in [9.17, 15) is 4.79 Å². The van der Waals surface area contributed by atoms with Crippen LogP contribution in [0.3, 0.4) is 0 Å². The standard InChI is InChI=1S/C21H21N3O3/c1-16-3-7-19(8-4-16)27-20-11-12-22-21(23-20)24(2)13-14-26-18-9-5-17(15-25)6-10-18/h3-12,15H,13-14H2,1-2H3. The Bertz CT molecular complexity index is 880. The molecule has 27 heavy (non-hydrogen) atoms. The van der Waals surface area contributed by atoms with Gasteiger partial charge in [-0.2, -0.15) is 4.98 Å². The number of benzene rings is 2. The SMILES string of the molecule is Cc1ccc(Oc2ccnc(N(C)CCOc3ccc(C=O)cc3)n2)cc1. The zero-order valence-electron chi connectivity index (χ0n) is 15.3. The highest BCUT2D eigenvalue weighted by Crippen LogP contribution is 2.21. The Morgan fingerprint density at radius 2 is 1.70 bits per heavy atom. The molecule has 0 saturated carbocycles. The van der Waals surface area contributed by atoms with E-state index < -0.39 is 0 Å². The lowest BCUT2D eigenvalue weighted by Gasteiger charge is -2.17. The van der Waals surface area contributed by atoms with Gasteiger partial charge in [-0.3, -0.25) is 4.79 Å². The molecule has 0 aliphatic carbocycles. The summed E-state index contributed by atoms with van der Waals surface area (Å²) in [7, 11) is 1.89. The maximum atomic E-state index is 10.7. The fraction of sp³-hybridized carbons (Fsp3) is 0.190. The van der Waals surface area contributed by atoms with Gasteiger partial charge in [0.15, 0.2) is 0 Å². The Morgan fingerprint density at radius 3 is 2.41 bits per heavy atom. The van der Waals surface area contributed by atoms with Crippen molar-refractivity contribution in [1.29, 1.82) is 0 Å². The minimum Gasteiger partial charge on any atom is -0.492 e. The first-order valence-electron chi connectivity index (χ1n) is 8.61. The lowest BCUT2D eigenvalue weighted by atomic mass is 10.2. The molecule has 3 rings (SSSR count). The van der Waals surface area contributed by atoms with Gasteiger partial charge in [0.25, 0.3) is 0 Å². The molecule has 0 unspecified atom stereocenters. The molecule has 0 N–H and O–H groups in total. The molecule has 6 nitrogen and oxygen atoms in total. The number of likely N-dealkylation sites (N-methyl/N-ethyl adjacent to an activating group) is 1. The van der Waals surface area contributed by atoms with Crippen molar-refractivity contribution >= 4 is 12.2 Å². The van der Waals surface area contributed by atoms with Crippen LogP contribution in [0.1, 0.15) is 15.9 Å². The summed E-state index contributed by atoms with van der Waals surface area (Å²) in [4.78, 5) is 21.3. The van der Waals surface area contributed by atoms with Crippen molar-refractivity contribution in [1.82, 2.24) is 9.97 Å². The number of carbonyl (C=O) groups excluding carboxylic acids is 1. The number of anilines is 1. The lowest BCUT2D eigenvalue weighted by Crippen LogP contribution is -2.25. The van der Waals surface area contributed by atoms with Gasteiger partial charge < -0.3 is 14.4 Å². The van der Waals surface area contributed by atoms with Crippen LogP contribution in [0.4, 0.5) is 5.95 Å². The maximum Gasteiger partial charge on any atom is 0.228 e. The van der Waals surface area contributed by atoms with Crippen LogP contribution in [0.5, 0.6) is 17.4 Å². The summed E-state index contributed by atoms with van der Waals surface area (Å²) in [6, 6.07) is 16.5. The van der Waals surface area contributed by atoms with Crippen LogP contribution >= 0.6 is 0 Å². The quantitative estimate of drug-likeness (QED) is 0.566. The van der Waals surface area contributed by atoms with Gasteiger partial charge in [-0.15, -0.1) is 0 Å². The molecule has 0 atom stereocenters. The van der Waals surface area contributed by atoms with E-state index in [1.54, 1.807) is 36.5 Å². The van der Waals surface area contributed by atoms with Crippen LogP contribution in [0.15, 0.2) is 60.8 Å². The van der Waals surface area contributed by atoms with E-state index in [2.05, 4.69) is 9.97 Å². The predicted octanol–water partition coefficient (Wildman–Crippen LogP) is 3.91. The molecule has 0 aliphatic rings. The van der Waals surface area contributed by atoms with Gasteiger partial charge in [0.05, 0.1) is 6.54 Å². The molecule has 1 aromatic heterocycles. The van der Waals surface area contributed by atoms with Crippen molar-refractivity contribution in [2.45, 2.75) is 6.92 Å². The molecule has 0 amide bonds. The third-order valence-corrected chi connectivity index (χ3v) is 3.91. The second-order valence-corrected chi connectivity index (χ2v) is 6.07. The lowest BCUT2D eigenvalue weighted by molar-refractivity contribution is 0.112. The molecule has 0 fully saturated rings. The highest BCUT2D eigenvalue weighted by Gasteiger charge is 2.07. The average molecular weight is 363 g/mol. The first-order chi connectivity index (χ1) is 13.1. The molecule has 0 saturated heterocycles. The summed E-state index contributed by atoms with van der Waals surface area (Å²) in [5.41, 5.74) is 1.80. The van der Waals surface area contributed by atoms with Crippen LogP contribution in [0.25, 0.3) is 0 Å². The molecule has 1 heterocycles. The van der Waals surface area contributed by atoms with Crippen molar-refractivity contribution in [3.63, 3.8) is 0 Å². The Kier molecular flexibility index (Phi) is 5.99. The van der Waals surface area contributed by atoms with E-state index >= 15 is 0 Å². The summed E-state index contributed by atoms with van der Waals surface area (Å²) >= 11 is 0. The van der Waals surface area contributed by atoms with Crippen LogP contribution in [0, 0.1) is 6.92 Å². The molecule has 3 aromatic rings. The highest BCUT2D eigenvalue weighted by molar-refractivity contribution is 5.74. The third-order valence-electron chi connectivity index (χ3n) is 3.91. The average Bonchev–Trinajstić information content (AvgIpc) is 2.70. The zero-order valence-corrected chi connectivity index (χ0v) is 15.3. The number of aromatic nitrogens is 2. The number of hydrogen-bond acceptors (Lipinski definition) is 6. The van der Waals surface area contributed by atoms with E-state index in [1.165, 1.54) is 5.56 Å². The zero-order chi connectivity index (χ0) is 19.1. The smallest absolute Gasteiger partial charge is 0.228 e. The number of aldehydes is 1. The minimum atomic E-state index is 0.462. The van der Waals surface area contributed by atoms with E-state index in [0.29, 0.717) is 36.3 Å². The van der Waals surface area contributed by atoms with Gasteiger partial charge in [-0.1, -0.05) is 17.7 Å². The van der Waals surface area contributed by atoms with Crippen LogP contribution in [0.2, 0.25) is 0 Å². The molecule has 0 bridgehead atoms. The van der Waals surface area contributed by atoms with E-state index in [-0.39, 0.29) is 0 Å². The van der Waals surface area contributed by atoms with Crippen LogP contribution in [-0.2, 0) is 0 Å². The minimum absolute atomic E-state index is 0.462. The highest BCUT2D eigenvalue weighted by atomic mass is 16.5. The van der Waals surface area contributed by atoms with Crippen molar-refractivity contribution in [3.8, 4) is 17.4 Å². The van der Waals surface area contributed by atoms with Gasteiger partial charge in [0.2, 0.25) is 11.8 Å². The van der Waals surface area contributed by atoms with E-state index in [1.807, 2.05) is 43.1 Å². The second kappa shape index (κ2) is 8.80. The molecule has 2 aromatic carbocycles. The summed E-state index contributed by atoms with van der Waals surface area (Å²) < 4.78 is 11.5. The molecule has 0 aliphatic heterocycles. The van der Waals surface area contributed by atoms with Crippen LogP contribution in [-0.4, -0.2) is 36.5 Å². The van der Waals surface area contributed by atoms with Crippen molar-refractivity contribution in [2.75, 3.05) is 25.1 Å². The number of rotatable bonds is 8. The van der Waals surface area contributed by atoms with Gasteiger partial charge in [0, 0.05) is 24.9 Å². The molecule has 0 radical (unpaired) electrons.